The molecule has 8 heteroatoms. The van der Waals surface area contributed by atoms with E-state index in [4.69, 9.17) is 0 Å². The molecule has 0 fully saturated rings. The first-order valence-corrected chi connectivity index (χ1v) is 8.66. The number of nitrogens with one attached hydrogen (secondary N) is 1. The van der Waals surface area contributed by atoms with Gasteiger partial charge in [0.2, 0.25) is 15.9 Å². The van der Waals surface area contributed by atoms with E-state index in [1.54, 1.807) is 19.1 Å². The van der Waals surface area contributed by atoms with Crippen molar-refractivity contribution in [2.45, 2.75) is 17.9 Å². The van der Waals surface area contributed by atoms with Crippen LogP contribution in [0.4, 0.5) is 4.39 Å². The van der Waals surface area contributed by atoms with E-state index in [-0.39, 0.29) is 23.3 Å². The number of pyridine rings is 1. The summed E-state index contributed by atoms with van der Waals surface area (Å²) in [5.74, 6) is -0.818. The molecule has 6 nitrogen and oxygen atoms in total. The Morgan fingerprint density at radius 2 is 1.96 bits per heavy atom. The van der Waals surface area contributed by atoms with Gasteiger partial charge < -0.3 is 5.32 Å². The molecule has 0 spiro atoms. The molecule has 24 heavy (non-hydrogen) atoms. The fourth-order valence-electron chi connectivity index (χ4n) is 2.09. The summed E-state index contributed by atoms with van der Waals surface area (Å²) in [6.07, 6.45) is 2.70. The Kier molecular flexibility index (Phi) is 5.63. The van der Waals surface area contributed by atoms with E-state index in [0.29, 0.717) is 0 Å². The third-order valence-corrected chi connectivity index (χ3v) is 5.24. The maximum absolute atomic E-state index is 12.9. The zero-order chi connectivity index (χ0) is 17.7. The minimum absolute atomic E-state index is 0.0203. The third kappa shape index (κ3) is 4.36. The second-order valence-corrected chi connectivity index (χ2v) is 7.34. The minimum Gasteiger partial charge on any atom is -0.348 e. The van der Waals surface area contributed by atoms with E-state index in [1.165, 1.54) is 43.7 Å². The number of aromatic nitrogens is 1. The Hall–Kier alpha value is -2.32. The van der Waals surface area contributed by atoms with Crippen LogP contribution in [0.25, 0.3) is 0 Å². The van der Waals surface area contributed by atoms with Gasteiger partial charge in [-0.3, -0.25) is 9.78 Å². The van der Waals surface area contributed by atoms with Crippen molar-refractivity contribution in [1.82, 2.24) is 14.6 Å². The molecule has 0 aliphatic carbocycles. The number of carbonyl (C=O) groups excluding carboxylic acids is 1. The third-order valence-electron chi connectivity index (χ3n) is 3.46. The Morgan fingerprint density at radius 1 is 1.29 bits per heavy atom. The van der Waals surface area contributed by atoms with Crippen molar-refractivity contribution >= 4 is 15.9 Å². The van der Waals surface area contributed by atoms with Crippen LogP contribution < -0.4 is 5.32 Å². The SMILES string of the molecule is CC(NC(=O)CN(C)S(=O)(=O)c1cccnc1)c1ccc(F)cc1. The van der Waals surface area contributed by atoms with Gasteiger partial charge in [0.25, 0.3) is 0 Å². The Labute approximate surface area is 140 Å². The van der Waals surface area contributed by atoms with Crippen LogP contribution in [0.3, 0.4) is 0 Å². The molecule has 2 rings (SSSR count). The summed E-state index contributed by atoms with van der Waals surface area (Å²) in [5, 5.41) is 2.69. The number of benzene rings is 1. The Balaban J connectivity index is 2.00. The highest BCUT2D eigenvalue weighted by atomic mass is 32.2. The van der Waals surface area contributed by atoms with Crippen molar-refractivity contribution < 1.29 is 17.6 Å². The fraction of sp³-hybridized carbons (Fsp3) is 0.250. The van der Waals surface area contributed by atoms with Crippen LogP contribution in [0, 0.1) is 5.82 Å². The van der Waals surface area contributed by atoms with Crippen molar-refractivity contribution in [3.05, 3.63) is 60.2 Å². The zero-order valence-electron chi connectivity index (χ0n) is 13.3. The van der Waals surface area contributed by atoms with Gasteiger partial charge in [0, 0.05) is 19.4 Å². The number of sulfonamides is 1. The number of nitrogens with zero attached hydrogens (tertiary/aromatic N) is 2. The lowest BCUT2D eigenvalue weighted by Crippen LogP contribution is -2.39. The van der Waals surface area contributed by atoms with E-state index in [9.17, 15) is 17.6 Å². The van der Waals surface area contributed by atoms with Crippen LogP contribution in [0.1, 0.15) is 18.5 Å². The molecule has 1 atom stereocenters. The molecule has 1 unspecified atom stereocenters. The summed E-state index contributed by atoms with van der Waals surface area (Å²) in [6.45, 7) is 1.41. The van der Waals surface area contributed by atoms with E-state index in [0.717, 1.165) is 9.87 Å². The number of rotatable bonds is 6. The number of carbonyl (C=O) groups is 1. The van der Waals surface area contributed by atoms with E-state index in [1.807, 2.05) is 0 Å². The van der Waals surface area contributed by atoms with Crippen molar-refractivity contribution in [2.75, 3.05) is 13.6 Å². The molecule has 1 heterocycles. The number of halogens is 1. The summed E-state index contributed by atoms with van der Waals surface area (Å²) in [5.41, 5.74) is 0.725. The molecular formula is C16H18FN3O3S. The van der Waals surface area contributed by atoms with Crippen LogP contribution in [-0.2, 0) is 14.8 Å². The second-order valence-electron chi connectivity index (χ2n) is 5.29. The van der Waals surface area contributed by atoms with Crippen molar-refractivity contribution in [1.29, 1.82) is 0 Å². The van der Waals surface area contributed by atoms with Crippen LogP contribution in [0.5, 0.6) is 0 Å². The van der Waals surface area contributed by atoms with Gasteiger partial charge in [0.1, 0.15) is 10.7 Å². The summed E-state index contributed by atoms with van der Waals surface area (Å²) in [7, 11) is -2.46. The normalized spacial score (nSPS) is 12.8. The highest BCUT2D eigenvalue weighted by Gasteiger charge is 2.23. The molecule has 0 saturated heterocycles. The lowest BCUT2D eigenvalue weighted by atomic mass is 10.1. The molecule has 0 aliphatic heterocycles. The lowest BCUT2D eigenvalue weighted by molar-refractivity contribution is -0.121. The van der Waals surface area contributed by atoms with Crippen LogP contribution in [0.2, 0.25) is 0 Å². The van der Waals surface area contributed by atoms with Gasteiger partial charge in [-0.05, 0) is 36.8 Å². The number of hydrogen-bond donors (Lipinski definition) is 1. The average molecular weight is 351 g/mol. The molecule has 0 radical (unpaired) electrons. The fourth-order valence-corrected chi connectivity index (χ4v) is 3.18. The molecule has 128 valence electrons. The van der Waals surface area contributed by atoms with Crippen molar-refractivity contribution in [3.8, 4) is 0 Å². The number of hydrogen-bond acceptors (Lipinski definition) is 4. The van der Waals surface area contributed by atoms with Gasteiger partial charge >= 0.3 is 0 Å². The van der Waals surface area contributed by atoms with Crippen LogP contribution in [-0.4, -0.2) is 37.2 Å². The quantitative estimate of drug-likeness (QED) is 0.859. The van der Waals surface area contributed by atoms with Gasteiger partial charge in [-0.2, -0.15) is 4.31 Å². The average Bonchev–Trinajstić information content (AvgIpc) is 2.56. The maximum Gasteiger partial charge on any atom is 0.244 e. The molecule has 1 aromatic heterocycles. The first-order chi connectivity index (χ1) is 11.3. The van der Waals surface area contributed by atoms with E-state index < -0.39 is 15.9 Å². The summed E-state index contributed by atoms with van der Waals surface area (Å²) in [4.78, 5) is 15.9. The molecule has 0 saturated carbocycles. The van der Waals surface area contributed by atoms with Crippen molar-refractivity contribution in [2.24, 2.45) is 0 Å². The summed E-state index contributed by atoms with van der Waals surface area (Å²) >= 11 is 0. The van der Waals surface area contributed by atoms with Crippen LogP contribution in [0.15, 0.2) is 53.7 Å². The van der Waals surface area contributed by atoms with E-state index >= 15 is 0 Å². The Bertz CT molecular complexity index is 795. The van der Waals surface area contributed by atoms with E-state index in [2.05, 4.69) is 10.3 Å². The molecular weight excluding hydrogens is 333 g/mol. The second kappa shape index (κ2) is 7.50. The van der Waals surface area contributed by atoms with Gasteiger partial charge in [0.05, 0.1) is 12.6 Å². The predicted octanol–water partition coefficient (Wildman–Crippen LogP) is 1.72. The number of likely N-dealkylation sites (N-methyl/N-ethyl adjacent to an activating group) is 1. The van der Waals surface area contributed by atoms with Gasteiger partial charge in [-0.25, -0.2) is 12.8 Å². The summed E-state index contributed by atoms with van der Waals surface area (Å²) < 4.78 is 38.5. The molecule has 0 bridgehead atoms. The highest BCUT2D eigenvalue weighted by molar-refractivity contribution is 7.89. The van der Waals surface area contributed by atoms with Gasteiger partial charge in [-0.15, -0.1) is 0 Å². The molecule has 1 N–H and O–H groups in total. The smallest absolute Gasteiger partial charge is 0.244 e. The zero-order valence-corrected chi connectivity index (χ0v) is 14.1. The number of amides is 1. The maximum atomic E-state index is 12.9. The van der Waals surface area contributed by atoms with Crippen LogP contribution >= 0.6 is 0 Å². The van der Waals surface area contributed by atoms with Gasteiger partial charge in [0.15, 0.2) is 0 Å². The molecule has 1 amide bonds. The predicted molar refractivity (Wildman–Crippen MR) is 87.0 cm³/mol. The topological polar surface area (TPSA) is 79.4 Å². The summed E-state index contributed by atoms with van der Waals surface area (Å²) in [6, 6.07) is 8.29. The largest absolute Gasteiger partial charge is 0.348 e. The minimum atomic E-state index is -3.78. The standard InChI is InChI=1S/C16H18FN3O3S/c1-12(13-5-7-14(17)8-6-13)19-16(21)11-20(2)24(22,23)15-4-3-9-18-10-15/h3-10,12H,11H2,1-2H3,(H,19,21). The van der Waals surface area contributed by atoms with Crippen molar-refractivity contribution in [3.63, 3.8) is 0 Å². The first-order valence-electron chi connectivity index (χ1n) is 7.22. The lowest BCUT2D eigenvalue weighted by Gasteiger charge is -2.19. The molecule has 1 aromatic carbocycles. The first kappa shape index (κ1) is 18.0. The monoisotopic (exact) mass is 351 g/mol. The Morgan fingerprint density at radius 3 is 2.54 bits per heavy atom. The van der Waals surface area contributed by atoms with Gasteiger partial charge in [-0.1, -0.05) is 12.1 Å². The molecule has 0 aliphatic rings. The highest BCUT2D eigenvalue weighted by Crippen LogP contribution is 2.14. The molecule has 2 aromatic rings.